The number of rotatable bonds is 5. The molecule has 4 rings (SSSR count). The fourth-order valence-electron chi connectivity index (χ4n) is 2.64. The minimum absolute atomic E-state index is 0.145. The van der Waals surface area contributed by atoms with Crippen LogP contribution in [-0.2, 0) is 4.79 Å². The van der Waals surface area contributed by atoms with Gasteiger partial charge in [0.1, 0.15) is 17.2 Å². The number of carbonyl (C=O) groups is 1. The molecule has 2 aromatic carbocycles. The Morgan fingerprint density at radius 3 is 2.79 bits per heavy atom. The highest BCUT2D eigenvalue weighted by molar-refractivity contribution is 8.00. The fourth-order valence-corrected chi connectivity index (χ4v) is 3.37. The predicted molar refractivity (Wildman–Crippen MR) is 105 cm³/mol. The van der Waals surface area contributed by atoms with E-state index in [1.165, 1.54) is 34.9 Å². The van der Waals surface area contributed by atoms with Crippen molar-refractivity contribution in [3.63, 3.8) is 0 Å². The van der Waals surface area contributed by atoms with Crippen LogP contribution in [-0.4, -0.2) is 36.6 Å². The number of nitrogens with zero attached hydrogens (tertiary/aromatic N) is 5. The third-order valence-corrected chi connectivity index (χ3v) is 4.90. The van der Waals surface area contributed by atoms with E-state index in [9.17, 15) is 9.18 Å². The number of aryl methyl sites for hydroxylation is 1. The van der Waals surface area contributed by atoms with Crippen LogP contribution >= 0.6 is 11.8 Å². The van der Waals surface area contributed by atoms with Crippen LogP contribution in [0.15, 0.2) is 59.9 Å². The van der Waals surface area contributed by atoms with Crippen LogP contribution in [0.2, 0.25) is 0 Å². The van der Waals surface area contributed by atoms with Crippen molar-refractivity contribution in [3.05, 3.63) is 66.2 Å². The zero-order valence-corrected chi connectivity index (χ0v) is 15.7. The number of hydrogen-bond acceptors (Lipinski definition) is 6. The molecule has 0 bridgehead atoms. The number of fused-ring (bicyclic) bond motifs is 1. The monoisotopic (exact) mass is 394 g/mol. The van der Waals surface area contributed by atoms with Gasteiger partial charge >= 0.3 is 0 Å². The molecule has 0 saturated heterocycles. The highest BCUT2D eigenvalue weighted by Crippen LogP contribution is 2.24. The number of carbonyl (C=O) groups excluding carboxylic acids is 1. The summed E-state index contributed by atoms with van der Waals surface area (Å²) in [5, 5.41) is 11.6. The Kier molecular flexibility index (Phi) is 4.98. The van der Waals surface area contributed by atoms with Crippen LogP contribution in [0.25, 0.3) is 16.9 Å². The summed E-state index contributed by atoms with van der Waals surface area (Å²) in [6, 6.07) is 13.5. The summed E-state index contributed by atoms with van der Waals surface area (Å²) in [7, 11) is 0. The van der Waals surface area contributed by atoms with E-state index in [0.717, 1.165) is 11.3 Å². The zero-order chi connectivity index (χ0) is 19.5. The highest BCUT2D eigenvalue weighted by Gasteiger charge is 2.15. The van der Waals surface area contributed by atoms with E-state index in [4.69, 9.17) is 0 Å². The van der Waals surface area contributed by atoms with Crippen molar-refractivity contribution >= 4 is 34.5 Å². The maximum atomic E-state index is 13.1. The second-order valence-electron chi connectivity index (χ2n) is 6.04. The molecule has 0 saturated carbocycles. The van der Waals surface area contributed by atoms with E-state index < -0.39 is 0 Å². The second-order valence-corrected chi connectivity index (χ2v) is 7.00. The molecule has 7 nitrogen and oxygen atoms in total. The summed E-state index contributed by atoms with van der Waals surface area (Å²) >= 11 is 1.25. The standard InChI is InChI=1S/C19H15FN6OS/c1-12-3-2-4-14(9-12)23-16(27)10-28-19-17-18(21-11-22-19)26(25-24-17)15-7-5-13(20)6-8-15/h2-9,11H,10H2,1H3,(H,23,27). The Hall–Kier alpha value is -3.33. The van der Waals surface area contributed by atoms with Crippen molar-refractivity contribution in [2.75, 3.05) is 11.1 Å². The van der Waals surface area contributed by atoms with E-state index in [2.05, 4.69) is 25.6 Å². The lowest BCUT2D eigenvalue weighted by molar-refractivity contribution is -0.113. The Morgan fingerprint density at radius 1 is 1.18 bits per heavy atom. The molecule has 0 aliphatic carbocycles. The Balaban J connectivity index is 1.51. The number of thioether (sulfide) groups is 1. The maximum Gasteiger partial charge on any atom is 0.234 e. The van der Waals surface area contributed by atoms with E-state index in [-0.39, 0.29) is 17.5 Å². The summed E-state index contributed by atoms with van der Waals surface area (Å²) < 4.78 is 14.7. The molecule has 1 amide bonds. The molecule has 0 unspecified atom stereocenters. The van der Waals surface area contributed by atoms with E-state index in [1.54, 1.807) is 12.1 Å². The first kappa shape index (κ1) is 18.1. The number of aromatic nitrogens is 5. The lowest BCUT2D eigenvalue weighted by Gasteiger charge is -2.06. The average molecular weight is 394 g/mol. The van der Waals surface area contributed by atoms with Gasteiger partial charge in [0.05, 0.1) is 11.4 Å². The lowest BCUT2D eigenvalue weighted by atomic mass is 10.2. The van der Waals surface area contributed by atoms with Gasteiger partial charge in [0.25, 0.3) is 0 Å². The van der Waals surface area contributed by atoms with Gasteiger partial charge < -0.3 is 5.32 Å². The zero-order valence-electron chi connectivity index (χ0n) is 14.8. The first-order chi connectivity index (χ1) is 13.6. The van der Waals surface area contributed by atoms with Crippen molar-refractivity contribution < 1.29 is 9.18 Å². The number of amides is 1. The van der Waals surface area contributed by atoms with Gasteiger partial charge in [-0.3, -0.25) is 4.79 Å². The normalized spacial score (nSPS) is 10.9. The van der Waals surface area contributed by atoms with E-state index in [0.29, 0.717) is 21.9 Å². The van der Waals surface area contributed by atoms with Crippen LogP contribution in [0.1, 0.15) is 5.56 Å². The third-order valence-electron chi connectivity index (χ3n) is 3.92. The van der Waals surface area contributed by atoms with Crippen molar-refractivity contribution in [2.24, 2.45) is 0 Å². The average Bonchev–Trinajstić information content (AvgIpc) is 3.12. The molecule has 0 fully saturated rings. The Labute approximate surface area is 164 Å². The topological polar surface area (TPSA) is 85.6 Å². The van der Waals surface area contributed by atoms with Gasteiger partial charge in [0, 0.05) is 5.69 Å². The second kappa shape index (κ2) is 7.73. The summed E-state index contributed by atoms with van der Waals surface area (Å²) in [5.41, 5.74) is 3.43. The minimum Gasteiger partial charge on any atom is -0.325 e. The minimum atomic E-state index is -0.335. The molecule has 28 heavy (non-hydrogen) atoms. The molecule has 1 N–H and O–H groups in total. The summed E-state index contributed by atoms with van der Waals surface area (Å²) in [6.07, 6.45) is 1.40. The van der Waals surface area contributed by atoms with Crippen LogP contribution < -0.4 is 5.32 Å². The molecular weight excluding hydrogens is 379 g/mol. The number of benzene rings is 2. The fraction of sp³-hybridized carbons (Fsp3) is 0.105. The van der Waals surface area contributed by atoms with E-state index >= 15 is 0 Å². The Morgan fingerprint density at radius 2 is 2.00 bits per heavy atom. The molecule has 0 aliphatic rings. The van der Waals surface area contributed by atoms with Gasteiger partial charge in [0.15, 0.2) is 11.2 Å². The highest BCUT2D eigenvalue weighted by atomic mass is 32.2. The number of nitrogens with one attached hydrogen (secondary N) is 1. The molecule has 4 aromatic rings. The largest absolute Gasteiger partial charge is 0.325 e. The number of anilines is 1. The molecule has 0 spiro atoms. The molecule has 2 aromatic heterocycles. The summed E-state index contributed by atoms with van der Waals surface area (Å²) in [4.78, 5) is 20.7. The number of hydrogen-bond donors (Lipinski definition) is 1. The van der Waals surface area contributed by atoms with Crippen LogP contribution in [0.4, 0.5) is 10.1 Å². The molecule has 0 aliphatic heterocycles. The van der Waals surface area contributed by atoms with Crippen molar-refractivity contribution in [1.82, 2.24) is 25.0 Å². The van der Waals surface area contributed by atoms with Crippen molar-refractivity contribution in [1.29, 1.82) is 0 Å². The van der Waals surface area contributed by atoms with Crippen molar-refractivity contribution in [3.8, 4) is 5.69 Å². The van der Waals surface area contributed by atoms with Crippen molar-refractivity contribution in [2.45, 2.75) is 11.9 Å². The molecule has 2 heterocycles. The quantitative estimate of drug-likeness (QED) is 0.413. The summed E-state index contributed by atoms with van der Waals surface area (Å²) in [5.74, 6) is -0.310. The maximum absolute atomic E-state index is 13.1. The van der Waals surface area contributed by atoms with Gasteiger partial charge in [0.2, 0.25) is 5.91 Å². The molecule has 0 radical (unpaired) electrons. The SMILES string of the molecule is Cc1cccc(NC(=O)CSc2ncnc3c2nnn3-c2ccc(F)cc2)c1. The predicted octanol–water partition coefficient (Wildman–Crippen LogP) is 3.39. The third kappa shape index (κ3) is 3.84. The van der Waals surface area contributed by atoms with Crippen LogP contribution in [0.5, 0.6) is 0 Å². The Bertz CT molecular complexity index is 1140. The molecular formula is C19H15FN6OS. The van der Waals surface area contributed by atoms with Gasteiger partial charge in [-0.25, -0.2) is 14.4 Å². The molecule has 0 atom stereocenters. The summed E-state index contributed by atoms with van der Waals surface area (Å²) in [6.45, 7) is 1.96. The molecule has 9 heteroatoms. The van der Waals surface area contributed by atoms with Gasteiger partial charge in [-0.05, 0) is 48.9 Å². The van der Waals surface area contributed by atoms with Crippen LogP contribution in [0.3, 0.4) is 0 Å². The molecule has 140 valence electrons. The van der Waals surface area contributed by atoms with Gasteiger partial charge in [-0.2, -0.15) is 4.68 Å². The smallest absolute Gasteiger partial charge is 0.234 e. The van der Waals surface area contributed by atoms with Crippen LogP contribution in [0, 0.1) is 12.7 Å². The first-order valence-electron chi connectivity index (χ1n) is 8.42. The van der Waals surface area contributed by atoms with Gasteiger partial charge in [-0.1, -0.05) is 29.1 Å². The van der Waals surface area contributed by atoms with Gasteiger partial charge in [-0.15, -0.1) is 5.10 Å². The number of halogens is 1. The lowest BCUT2D eigenvalue weighted by Crippen LogP contribution is -2.14. The van der Waals surface area contributed by atoms with E-state index in [1.807, 2.05) is 31.2 Å². The first-order valence-corrected chi connectivity index (χ1v) is 9.40.